The molecule has 30 heavy (non-hydrogen) atoms. The molecule has 0 N–H and O–H groups in total. The van der Waals surface area contributed by atoms with Gasteiger partial charge in [0.2, 0.25) is 5.91 Å². The van der Waals surface area contributed by atoms with E-state index in [1.807, 2.05) is 18.0 Å². The molecular weight excluding hydrogens is 423 g/mol. The van der Waals surface area contributed by atoms with Crippen LogP contribution in [0.25, 0.3) is 0 Å². The van der Waals surface area contributed by atoms with E-state index in [4.69, 9.17) is 23.2 Å². The predicted molar refractivity (Wildman–Crippen MR) is 117 cm³/mol. The van der Waals surface area contributed by atoms with E-state index in [1.165, 1.54) is 0 Å². The van der Waals surface area contributed by atoms with Crippen molar-refractivity contribution < 1.29 is 14.4 Å². The Morgan fingerprint density at radius 2 is 1.80 bits per heavy atom. The highest BCUT2D eigenvalue weighted by atomic mass is 35.5. The molecule has 0 aromatic heterocycles. The average molecular weight is 451 g/mol. The summed E-state index contributed by atoms with van der Waals surface area (Å²) in [6, 6.07) is 5.32. The molecule has 0 bridgehead atoms. The first kappa shape index (κ1) is 21.8. The molecule has 1 saturated heterocycles. The number of hydrogen-bond donors (Lipinski definition) is 0. The summed E-state index contributed by atoms with van der Waals surface area (Å²) in [5.41, 5.74) is 0.0181. The van der Waals surface area contributed by atoms with Gasteiger partial charge < -0.3 is 4.90 Å². The van der Waals surface area contributed by atoms with Crippen LogP contribution in [0.1, 0.15) is 50.5 Å². The highest BCUT2D eigenvalue weighted by Crippen LogP contribution is 2.47. The van der Waals surface area contributed by atoms with Crippen molar-refractivity contribution in [3.05, 3.63) is 33.8 Å². The SMILES string of the molecule is CN(C(=O)Cc1ccc(Cl)c(Cl)c1)[C@H]1CCC2(C[C@@H]1N1CCCC1)C(=O)CCC2=O. The molecule has 1 amide bonds. The number of ketones is 2. The van der Waals surface area contributed by atoms with Crippen LogP contribution in [0.5, 0.6) is 0 Å². The van der Waals surface area contributed by atoms with Gasteiger partial charge in [0.25, 0.3) is 0 Å². The smallest absolute Gasteiger partial charge is 0.227 e. The van der Waals surface area contributed by atoms with E-state index in [2.05, 4.69) is 4.90 Å². The summed E-state index contributed by atoms with van der Waals surface area (Å²) in [6.45, 7) is 1.93. The third kappa shape index (κ3) is 3.92. The summed E-state index contributed by atoms with van der Waals surface area (Å²) in [7, 11) is 1.85. The van der Waals surface area contributed by atoms with E-state index in [0.717, 1.165) is 31.5 Å². The minimum absolute atomic E-state index is 0.00481. The maximum Gasteiger partial charge on any atom is 0.227 e. The summed E-state index contributed by atoms with van der Waals surface area (Å²) in [6.07, 6.45) is 5.05. The fourth-order valence-corrected chi connectivity index (χ4v) is 5.90. The minimum atomic E-state index is -0.808. The molecule has 2 saturated carbocycles. The molecule has 5 nitrogen and oxygen atoms in total. The van der Waals surface area contributed by atoms with Gasteiger partial charge in [0.15, 0.2) is 0 Å². The first-order valence-electron chi connectivity index (χ1n) is 10.8. The maximum absolute atomic E-state index is 13.1. The van der Waals surface area contributed by atoms with Crippen molar-refractivity contribution in [2.75, 3.05) is 20.1 Å². The van der Waals surface area contributed by atoms with E-state index < -0.39 is 5.41 Å². The number of nitrogens with zero attached hydrogens (tertiary/aromatic N) is 2. The molecule has 2 atom stereocenters. The number of likely N-dealkylation sites (N-methyl/N-ethyl adjacent to an activating group) is 1. The Morgan fingerprint density at radius 3 is 2.43 bits per heavy atom. The van der Waals surface area contributed by atoms with Crippen molar-refractivity contribution in [3.63, 3.8) is 0 Å². The number of halogens is 2. The third-order valence-electron chi connectivity index (χ3n) is 7.36. The van der Waals surface area contributed by atoms with Crippen LogP contribution < -0.4 is 0 Å². The first-order valence-corrected chi connectivity index (χ1v) is 11.6. The zero-order valence-electron chi connectivity index (χ0n) is 17.3. The van der Waals surface area contributed by atoms with Gasteiger partial charge in [0, 0.05) is 32.0 Å². The lowest BCUT2D eigenvalue weighted by Crippen LogP contribution is -2.58. The lowest BCUT2D eigenvalue weighted by molar-refractivity contribution is -0.142. The molecular formula is C23H28Cl2N2O3. The van der Waals surface area contributed by atoms with Crippen LogP contribution in [-0.4, -0.2) is 59.5 Å². The molecule has 1 aromatic carbocycles. The highest BCUT2D eigenvalue weighted by molar-refractivity contribution is 6.42. The number of amides is 1. The van der Waals surface area contributed by atoms with Crippen LogP contribution >= 0.6 is 23.2 Å². The first-order chi connectivity index (χ1) is 14.3. The molecule has 7 heteroatoms. The summed E-state index contributed by atoms with van der Waals surface area (Å²) in [4.78, 5) is 42.7. The number of hydrogen-bond acceptors (Lipinski definition) is 4. The molecule has 3 aliphatic rings. The number of likely N-dealkylation sites (tertiary alicyclic amines) is 1. The van der Waals surface area contributed by atoms with Crippen LogP contribution in [0.4, 0.5) is 0 Å². The lowest BCUT2D eigenvalue weighted by atomic mass is 9.67. The van der Waals surface area contributed by atoms with Gasteiger partial charge in [-0.25, -0.2) is 0 Å². The van der Waals surface area contributed by atoms with Gasteiger partial charge in [-0.05, 0) is 62.9 Å². The Balaban J connectivity index is 1.53. The van der Waals surface area contributed by atoms with Crippen molar-refractivity contribution in [3.8, 4) is 0 Å². The molecule has 3 fully saturated rings. The molecule has 2 aliphatic carbocycles. The van der Waals surface area contributed by atoms with Crippen LogP contribution in [0.3, 0.4) is 0 Å². The van der Waals surface area contributed by atoms with Gasteiger partial charge in [-0.2, -0.15) is 0 Å². The number of rotatable bonds is 4. The fraction of sp³-hybridized carbons (Fsp3) is 0.609. The van der Waals surface area contributed by atoms with Crippen LogP contribution in [0, 0.1) is 5.41 Å². The van der Waals surface area contributed by atoms with Gasteiger partial charge in [0.05, 0.1) is 21.9 Å². The average Bonchev–Trinajstić information content (AvgIpc) is 3.35. The standard InChI is InChI=1S/C23H28Cl2N2O3/c1-26(22(30)13-15-4-5-16(24)17(25)12-15)18-8-9-23(20(28)6-7-21(23)29)14-19(18)27-10-2-3-11-27/h4-5,12,18-19H,2-3,6-11,13-14H2,1H3/t18-,19-/m0/s1. The second-order valence-corrected chi connectivity index (χ2v) is 9.79. The zero-order valence-corrected chi connectivity index (χ0v) is 18.8. The number of carbonyl (C=O) groups is 3. The maximum atomic E-state index is 13.1. The minimum Gasteiger partial charge on any atom is -0.341 e. The van der Waals surface area contributed by atoms with E-state index in [-0.39, 0.29) is 36.0 Å². The number of benzene rings is 1. The molecule has 0 radical (unpaired) electrons. The largest absolute Gasteiger partial charge is 0.341 e. The van der Waals surface area contributed by atoms with E-state index in [1.54, 1.807) is 12.1 Å². The Morgan fingerprint density at radius 1 is 1.13 bits per heavy atom. The zero-order chi connectivity index (χ0) is 21.5. The van der Waals surface area contributed by atoms with Crippen molar-refractivity contribution >= 4 is 40.7 Å². The molecule has 1 aliphatic heterocycles. The molecule has 0 unspecified atom stereocenters. The van der Waals surface area contributed by atoms with E-state index in [0.29, 0.717) is 42.1 Å². The third-order valence-corrected chi connectivity index (χ3v) is 8.09. The lowest BCUT2D eigenvalue weighted by Gasteiger charge is -2.47. The Hall–Kier alpha value is -1.43. The molecule has 4 rings (SSSR count). The highest BCUT2D eigenvalue weighted by Gasteiger charge is 2.55. The monoisotopic (exact) mass is 450 g/mol. The topological polar surface area (TPSA) is 57.7 Å². The van der Waals surface area contributed by atoms with Crippen molar-refractivity contribution in [1.29, 1.82) is 0 Å². The van der Waals surface area contributed by atoms with Crippen LogP contribution in [-0.2, 0) is 20.8 Å². The summed E-state index contributed by atoms with van der Waals surface area (Å²) in [5, 5.41) is 0.913. The van der Waals surface area contributed by atoms with Gasteiger partial charge in [0.1, 0.15) is 11.6 Å². The Kier molecular flexibility index (Phi) is 6.25. The number of Topliss-reactive ketones (excluding diaryl/α,β-unsaturated/α-hetero) is 2. The van der Waals surface area contributed by atoms with E-state index in [9.17, 15) is 14.4 Å². The molecule has 1 aromatic rings. The second-order valence-electron chi connectivity index (χ2n) is 8.98. The second kappa shape index (κ2) is 8.60. The summed E-state index contributed by atoms with van der Waals surface area (Å²) < 4.78 is 0. The quantitative estimate of drug-likeness (QED) is 0.651. The molecule has 1 heterocycles. The van der Waals surface area contributed by atoms with Crippen molar-refractivity contribution in [2.45, 2.75) is 63.5 Å². The summed E-state index contributed by atoms with van der Waals surface area (Å²) in [5.74, 6) is 0.238. The Bertz CT molecular complexity index is 850. The normalized spacial score (nSPS) is 26.5. The van der Waals surface area contributed by atoms with Gasteiger partial charge in [-0.3, -0.25) is 19.3 Å². The van der Waals surface area contributed by atoms with E-state index >= 15 is 0 Å². The molecule has 162 valence electrons. The van der Waals surface area contributed by atoms with Gasteiger partial charge in [-0.15, -0.1) is 0 Å². The van der Waals surface area contributed by atoms with Crippen molar-refractivity contribution in [1.82, 2.24) is 9.80 Å². The summed E-state index contributed by atoms with van der Waals surface area (Å²) >= 11 is 12.1. The van der Waals surface area contributed by atoms with Crippen molar-refractivity contribution in [2.24, 2.45) is 5.41 Å². The van der Waals surface area contributed by atoms with Crippen LogP contribution in [0.2, 0.25) is 10.0 Å². The fourth-order valence-electron chi connectivity index (χ4n) is 5.58. The molecule has 1 spiro atoms. The Labute approximate surface area is 187 Å². The van der Waals surface area contributed by atoms with Gasteiger partial charge in [-0.1, -0.05) is 29.3 Å². The predicted octanol–water partition coefficient (Wildman–Crippen LogP) is 3.93. The van der Waals surface area contributed by atoms with Gasteiger partial charge >= 0.3 is 0 Å². The number of carbonyl (C=O) groups excluding carboxylic acids is 3. The van der Waals surface area contributed by atoms with Crippen LogP contribution in [0.15, 0.2) is 18.2 Å².